The van der Waals surface area contributed by atoms with Crippen molar-refractivity contribution in [1.29, 1.82) is 0 Å². The molecule has 0 heterocycles. The number of rotatable bonds is 7. The molecule has 0 aliphatic carbocycles. The summed E-state index contributed by atoms with van der Waals surface area (Å²) in [4.78, 5) is 22.7. The maximum Gasteiger partial charge on any atom is 0.337 e. The van der Waals surface area contributed by atoms with E-state index in [0.29, 0.717) is 23.7 Å². The van der Waals surface area contributed by atoms with E-state index in [1.54, 1.807) is 25.1 Å². The predicted molar refractivity (Wildman–Crippen MR) is 78.6 cm³/mol. The van der Waals surface area contributed by atoms with Crippen LogP contribution < -0.4 is 5.73 Å². The number of thioether (sulfide) groups is 1. The van der Waals surface area contributed by atoms with Crippen LogP contribution in [0.25, 0.3) is 0 Å². The van der Waals surface area contributed by atoms with Gasteiger partial charge in [0, 0.05) is 11.5 Å². The number of nitrogens with two attached hydrogens (primary N) is 1. The number of benzene rings is 1. The maximum absolute atomic E-state index is 11.4. The van der Waals surface area contributed by atoms with Crippen LogP contribution in [0, 0.1) is 0 Å². The Morgan fingerprint density at radius 2 is 2.15 bits per heavy atom. The van der Waals surface area contributed by atoms with Gasteiger partial charge in [0.15, 0.2) is 0 Å². The van der Waals surface area contributed by atoms with Crippen LogP contribution in [0.1, 0.15) is 22.8 Å². The molecule has 0 amide bonds. The number of ether oxygens (including phenoxy) is 2. The molecule has 0 spiro atoms. The molecule has 5 nitrogen and oxygen atoms in total. The van der Waals surface area contributed by atoms with Gasteiger partial charge in [0.25, 0.3) is 0 Å². The van der Waals surface area contributed by atoms with Crippen LogP contribution in [0.5, 0.6) is 0 Å². The van der Waals surface area contributed by atoms with Crippen LogP contribution in [0.15, 0.2) is 24.3 Å². The minimum atomic E-state index is -0.622. The second-order valence-corrected chi connectivity index (χ2v) is 5.10. The van der Waals surface area contributed by atoms with E-state index in [1.807, 2.05) is 6.07 Å². The fourth-order valence-electron chi connectivity index (χ4n) is 1.53. The number of hydrogen-bond donors (Lipinski definition) is 1. The van der Waals surface area contributed by atoms with Gasteiger partial charge in [-0.25, -0.2) is 4.79 Å². The zero-order chi connectivity index (χ0) is 15.0. The predicted octanol–water partition coefficient (Wildman–Crippen LogP) is 1.60. The summed E-state index contributed by atoms with van der Waals surface area (Å²) in [5, 5.41) is 0. The third-order valence-corrected chi connectivity index (χ3v) is 3.64. The van der Waals surface area contributed by atoms with Gasteiger partial charge < -0.3 is 15.2 Å². The SMILES string of the molecule is CCOC(=O)C(N)CSCc1cccc(C(=O)OC)c1. The fraction of sp³-hybridized carbons (Fsp3) is 0.429. The summed E-state index contributed by atoms with van der Waals surface area (Å²) in [6, 6.07) is 6.56. The van der Waals surface area contributed by atoms with Gasteiger partial charge in [-0.2, -0.15) is 11.8 Å². The molecular weight excluding hydrogens is 278 g/mol. The minimum absolute atomic E-state index is 0.332. The average Bonchev–Trinajstić information content (AvgIpc) is 2.46. The van der Waals surface area contributed by atoms with E-state index >= 15 is 0 Å². The van der Waals surface area contributed by atoms with E-state index in [4.69, 9.17) is 10.5 Å². The lowest BCUT2D eigenvalue weighted by molar-refractivity contribution is -0.144. The van der Waals surface area contributed by atoms with Gasteiger partial charge in [-0.15, -0.1) is 0 Å². The first-order valence-electron chi connectivity index (χ1n) is 6.25. The maximum atomic E-state index is 11.4. The smallest absolute Gasteiger partial charge is 0.337 e. The highest BCUT2D eigenvalue weighted by molar-refractivity contribution is 7.98. The second-order valence-electron chi connectivity index (χ2n) is 4.07. The minimum Gasteiger partial charge on any atom is -0.465 e. The van der Waals surface area contributed by atoms with E-state index in [9.17, 15) is 9.59 Å². The molecule has 0 fully saturated rings. The molecular formula is C14H19NO4S. The standard InChI is InChI=1S/C14H19NO4S/c1-3-19-14(17)12(15)9-20-8-10-5-4-6-11(7-10)13(16)18-2/h4-7,12H,3,8-9,15H2,1-2H3. The summed E-state index contributed by atoms with van der Waals surface area (Å²) in [6.45, 7) is 2.08. The van der Waals surface area contributed by atoms with Gasteiger partial charge in [-0.3, -0.25) is 4.79 Å². The molecule has 1 aromatic carbocycles. The van der Waals surface area contributed by atoms with E-state index in [2.05, 4.69) is 4.74 Å². The first-order valence-corrected chi connectivity index (χ1v) is 7.41. The quantitative estimate of drug-likeness (QED) is 0.770. The molecule has 0 aromatic heterocycles. The molecule has 1 atom stereocenters. The summed E-state index contributed by atoms with van der Waals surface area (Å²) < 4.78 is 9.50. The van der Waals surface area contributed by atoms with Crippen molar-refractivity contribution in [2.24, 2.45) is 5.73 Å². The zero-order valence-electron chi connectivity index (χ0n) is 11.6. The second kappa shape index (κ2) is 8.60. The van der Waals surface area contributed by atoms with Crippen molar-refractivity contribution in [3.05, 3.63) is 35.4 Å². The van der Waals surface area contributed by atoms with Crippen LogP contribution in [-0.4, -0.2) is 37.4 Å². The third-order valence-electron chi connectivity index (χ3n) is 2.50. The Bertz CT molecular complexity index is 464. The van der Waals surface area contributed by atoms with E-state index in [-0.39, 0.29) is 11.9 Å². The Hall–Kier alpha value is -1.53. The summed E-state index contributed by atoms with van der Waals surface area (Å²) >= 11 is 1.52. The van der Waals surface area contributed by atoms with Crippen molar-refractivity contribution in [2.45, 2.75) is 18.7 Å². The Morgan fingerprint density at radius 3 is 2.80 bits per heavy atom. The van der Waals surface area contributed by atoms with Crippen molar-refractivity contribution in [1.82, 2.24) is 0 Å². The van der Waals surface area contributed by atoms with Crippen molar-refractivity contribution >= 4 is 23.7 Å². The summed E-state index contributed by atoms with van der Waals surface area (Å²) in [7, 11) is 1.35. The number of esters is 2. The molecule has 0 aliphatic heterocycles. The van der Waals surface area contributed by atoms with Crippen molar-refractivity contribution in [3.63, 3.8) is 0 Å². The van der Waals surface area contributed by atoms with Crippen LogP contribution in [0.3, 0.4) is 0 Å². The van der Waals surface area contributed by atoms with Gasteiger partial charge in [-0.1, -0.05) is 12.1 Å². The van der Waals surface area contributed by atoms with Crippen molar-refractivity contribution in [2.75, 3.05) is 19.5 Å². The van der Waals surface area contributed by atoms with Crippen LogP contribution >= 0.6 is 11.8 Å². The highest BCUT2D eigenvalue weighted by Gasteiger charge is 2.14. The summed E-state index contributed by atoms with van der Waals surface area (Å²) in [5.41, 5.74) is 7.19. The lowest BCUT2D eigenvalue weighted by Crippen LogP contribution is -2.34. The molecule has 2 N–H and O–H groups in total. The van der Waals surface area contributed by atoms with E-state index in [1.165, 1.54) is 18.9 Å². The monoisotopic (exact) mass is 297 g/mol. The topological polar surface area (TPSA) is 78.6 Å². The Kier molecular flexibility index (Phi) is 7.11. The van der Waals surface area contributed by atoms with Crippen molar-refractivity contribution < 1.29 is 19.1 Å². The molecule has 110 valence electrons. The average molecular weight is 297 g/mol. The van der Waals surface area contributed by atoms with E-state index in [0.717, 1.165) is 5.56 Å². The summed E-state index contributed by atoms with van der Waals surface area (Å²) in [5.74, 6) is 0.391. The number of hydrogen-bond acceptors (Lipinski definition) is 6. The molecule has 0 saturated carbocycles. The van der Waals surface area contributed by atoms with Crippen LogP contribution in [0.2, 0.25) is 0 Å². The molecule has 1 unspecified atom stereocenters. The Labute approximate surface area is 122 Å². The van der Waals surface area contributed by atoms with Gasteiger partial charge in [0.1, 0.15) is 6.04 Å². The van der Waals surface area contributed by atoms with Gasteiger partial charge >= 0.3 is 11.9 Å². The van der Waals surface area contributed by atoms with E-state index < -0.39 is 6.04 Å². The molecule has 6 heteroatoms. The number of carbonyl (C=O) groups excluding carboxylic acids is 2. The van der Waals surface area contributed by atoms with Crippen molar-refractivity contribution in [3.8, 4) is 0 Å². The molecule has 0 aliphatic rings. The molecule has 0 radical (unpaired) electrons. The highest BCUT2D eigenvalue weighted by Crippen LogP contribution is 2.15. The normalized spacial score (nSPS) is 11.8. The van der Waals surface area contributed by atoms with Gasteiger partial charge in [0.05, 0.1) is 19.3 Å². The molecule has 1 rings (SSSR count). The Morgan fingerprint density at radius 1 is 1.40 bits per heavy atom. The lowest BCUT2D eigenvalue weighted by atomic mass is 10.1. The highest BCUT2D eigenvalue weighted by atomic mass is 32.2. The zero-order valence-corrected chi connectivity index (χ0v) is 12.4. The lowest BCUT2D eigenvalue weighted by Gasteiger charge is -2.10. The molecule has 0 bridgehead atoms. The largest absolute Gasteiger partial charge is 0.465 e. The molecule has 20 heavy (non-hydrogen) atoms. The number of carbonyl (C=O) groups is 2. The summed E-state index contributed by atoms with van der Waals surface area (Å²) in [6.07, 6.45) is 0. The fourth-order valence-corrected chi connectivity index (χ4v) is 2.45. The Balaban J connectivity index is 2.46. The van der Waals surface area contributed by atoms with Crippen LogP contribution in [-0.2, 0) is 20.0 Å². The molecule has 1 aromatic rings. The molecule has 0 saturated heterocycles. The van der Waals surface area contributed by atoms with Crippen LogP contribution in [0.4, 0.5) is 0 Å². The first kappa shape index (κ1) is 16.5. The third kappa shape index (κ3) is 5.22. The first-order chi connectivity index (χ1) is 9.58. The van der Waals surface area contributed by atoms with Gasteiger partial charge in [-0.05, 0) is 24.6 Å². The number of methoxy groups -OCH3 is 1. The van der Waals surface area contributed by atoms with Gasteiger partial charge in [0.2, 0.25) is 0 Å².